The molecule has 1 aromatic rings. The highest BCUT2D eigenvalue weighted by atomic mass is 16.8. The predicted octanol–water partition coefficient (Wildman–Crippen LogP) is 6.26. The van der Waals surface area contributed by atoms with Crippen LogP contribution in [-0.4, -0.2) is 53.7 Å². The van der Waals surface area contributed by atoms with Gasteiger partial charge in [0.05, 0.1) is 5.41 Å². The Hall–Kier alpha value is -3.34. The van der Waals surface area contributed by atoms with Crippen LogP contribution in [0.3, 0.4) is 0 Å². The molecule has 3 atom stereocenters. The number of nitrogens with two attached hydrogens (primary N) is 1. The van der Waals surface area contributed by atoms with E-state index in [0.29, 0.717) is 24.8 Å². The van der Waals surface area contributed by atoms with Crippen LogP contribution in [0.1, 0.15) is 101 Å². The lowest BCUT2D eigenvalue weighted by atomic mass is 9.90. The van der Waals surface area contributed by atoms with Gasteiger partial charge in [0.1, 0.15) is 29.5 Å². The van der Waals surface area contributed by atoms with E-state index in [1.165, 1.54) is 12.1 Å². The molecule has 0 heterocycles. The predicted molar refractivity (Wildman–Crippen MR) is 156 cm³/mol. The summed E-state index contributed by atoms with van der Waals surface area (Å²) in [5, 5.41) is 0. The topological polar surface area (TPSA) is 150 Å². The molecule has 0 saturated heterocycles. The van der Waals surface area contributed by atoms with E-state index in [4.69, 9.17) is 34.2 Å². The summed E-state index contributed by atoms with van der Waals surface area (Å²) in [5.74, 6) is -1.30. The molecule has 0 spiro atoms. The zero-order chi connectivity index (χ0) is 32.5. The third-order valence-electron chi connectivity index (χ3n) is 7.27. The van der Waals surface area contributed by atoms with Crippen molar-refractivity contribution in [3.05, 3.63) is 23.8 Å². The van der Waals surface area contributed by atoms with Crippen LogP contribution < -0.4 is 15.2 Å². The first-order valence-corrected chi connectivity index (χ1v) is 14.4. The van der Waals surface area contributed by atoms with Gasteiger partial charge in [0.25, 0.3) is 0 Å². The lowest BCUT2D eigenvalue weighted by molar-refractivity contribution is -0.172. The summed E-state index contributed by atoms with van der Waals surface area (Å²) < 4.78 is 32.4. The fourth-order valence-corrected chi connectivity index (χ4v) is 2.93. The Morgan fingerprint density at radius 1 is 0.738 bits per heavy atom. The minimum Gasteiger partial charge on any atom is -0.458 e. The Balaban J connectivity index is 3.06. The average molecular weight is 596 g/mol. The van der Waals surface area contributed by atoms with Crippen molar-refractivity contribution in [2.24, 2.45) is 11.1 Å². The molecule has 0 aliphatic heterocycles. The molecule has 1 rings (SSSR count). The van der Waals surface area contributed by atoms with Crippen LogP contribution in [0, 0.1) is 5.41 Å². The molecular weight excluding hydrogens is 546 g/mol. The van der Waals surface area contributed by atoms with E-state index in [2.05, 4.69) is 0 Å². The highest BCUT2D eigenvalue weighted by Crippen LogP contribution is 2.31. The first-order chi connectivity index (χ1) is 19.3. The van der Waals surface area contributed by atoms with Crippen LogP contribution in [0.25, 0.3) is 0 Å². The van der Waals surface area contributed by atoms with Gasteiger partial charge < -0.3 is 34.2 Å². The minimum atomic E-state index is -1.09. The number of hydrogen-bond donors (Lipinski definition) is 1. The molecular formula is C31H49NO10. The molecule has 0 saturated carbocycles. The summed E-state index contributed by atoms with van der Waals surface area (Å²) in [6, 6.07) is 3.29. The van der Waals surface area contributed by atoms with Gasteiger partial charge in [-0.2, -0.15) is 0 Å². The first kappa shape index (κ1) is 36.7. The van der Waals surface area contributed by atoms with Gasteiger partial charge in [-0.05, 0) is 98.8 Å². The zero-order valence-electron chi connectivity index (χ0n) is 27.0. The zero-order valence-corrected chi connectivity index (χ0v) is 27.0. The average Bonchev–Trinajstić information content (AvgIpc) is 2.89. The van der Waals surface area contributed by atoms with E-state index in [9.17, 15) is 19.2 Å². The number of rotatable bonds is 14. The molecule has 1 aromatic carbocycles. The van der Waals surface area contributed by atoms with E-state index >= 15 is 0 Å². The monoisotopic (exact) mass is 595 g/mol. The molecule has 0 fully saturated rings. The smallest absolute Gasteiger partial charge is 0.458 e. The summed E-state index contributed by atoms with van der Waals surface area (Å²) in [5.41, 5.74) is 4.39. The molecule has 0 radical (unpaired) electrons. The maximum Gasteiger partial charge on any atom is 0.514 e. The van der Waals surface area contributed by atoms with E-state index in [1.807, 2.05) is 20.8 Å². The molecule has 238 valence electrons. The van der Waals surface area contributed by atoms with E-state index < -0.39 is 53.1 Å². The molecule has 11 heteroatoms. The fourth-order valence-electron chi connectivity index (χ4n) is 2.93. The van der Waals surface area contributed by atoms with Crippen molar-refractivity contribution in [1.82, 2.24) is 0 Å². The molecule has 0 unspecified atom stereocenters. The third kappa shape index (κ3) is 11.9. The second kappa shape index (κ2) is 15.2. The molecule has 11 nitrogen and oxygen atoms in total. The van der Waals surface area contributed by atoms with Crippen molar-refractivity contribution in [1.29, 1.82) is 0 Å². The van der Waals surface area contributed by atoms with Gasteiger partial charge in [0, 0.05) is 0 Å². The summed E-state index contributed by atoms with van der Waals surface area (Å²) in [6.07, 6.45) is -1.73. The Morgan fingerprint density at radius 3 is 1.69 bits per heavy atom. The highest BCUT2D eigenvalue weighted by molar-refractivity contribution is 5.77. The van der Waals surface area contributed by atoms with E-state index in [1.54, 1.807) is 61.5 Å². The molecule has 0 aromatic heterocycles. The van der Waals surface area contributed by atoms with Gasteiger partial charge in [0.15, 0.2) is 11.5 Å². The maximum atomic E-state index is 12.7. The van der Waals surface area contributed by atoms with Crippen molar-refractivity contribution in [3.8, 4) is 11.5 Å². The third-order valence-corrected chi connectivity index (χ3v) is 7.27. The van der Waals surface area contributed by atoms with Gasteiger partial charge in [-0.1, -0.05) is 26.8 Å². The van der Waals surface area contributed by atoms with Crippen LogP contribution in [0.4, 0.5) is 9.59 Å². The fraction of sp³-hybridized carbons (Fsp3) is 0.677. The normalized spacial score (nSPS) is 14.2. The lowest BCUT2D eigenvalue weighted by Gasteiger charge is -2.27. The lowest BCUT2D eigenvalue weighted by Crippen LogP contribution is -2.40. The van der Waals surface area contributed by atoms with Crippen LogP contribution >= 0.6 is 0 Å². The summed E-state index contributed by atoms with van der Waals surface area (Å²) in [7, 11) is 0. The van der Waals surface area contributed by atoms with Crippen molar-refractivity contribution in [3.63, 3.8) is 0 Å². The molecule has 0 amide bonds. The number of carbonyl (C=O) groups excluding carboxylic acids is 4. The molecule has 0 aliphatic carbocycles. The van der Waals surface area contributed by atoms with Gasteiger partial charge in [-0.15, -0.1) is 0 Å². The number of esters is 2. The molecule has 42 heavy (non-hydrogen) atoms. The van der Waals surface area contributed by atoms with Gasteiger partial charge in [0.2, 0.25) is 0 Å². The van der Waals surface area contributed by atoms with E-state index in [-0.39, 0.29) is 23.9 Å². The second-order valence-electron chi connectivity index (χ2n) is 12.2. The number of carbonyl (C=O) groups is 4. The van der Waals surface area contributed by atoms with Gasteiger partial charge in [-0.25, -0.2) is 9.59 Å². The number of ether oxygens (including phenoxy) is 6. The highest BCUT2D eigenvalue weighted by Gasteiger charge is 2.32. The van der Waals surface area contributed by atoms with Crippen LogP contribution in [-0.2, 0) is 35.0 Å². The van der Waals surface area contributed by atoms with Gasteiger partial charge >= 0.3 is 24.2 Å². The largest absolute Gasteiger partial charge is 0.514 e. The summed E-state index contributed by atoms with van der Waals surface area (Å²) >= 11 is 0. The number of benzene rings is 1. The van der Waals surface area contributed by atoms with Crippen LogP contribution in [0.5, 0.6) is 11.5 Å². The van der Waals surface area contributed by atoms with Crippen molar-refractivity contribution >= 4 is 24.2 Å². The standard InChI is InChI=1S/C31H49NO10/c1-12-29(6,7)26(34)38-20(5)19(4)37-25(33)22(32)17-21-15-16-23(39-27(35)41-30(8,9)13-2)24(18-21)40-28(36)42-31(10,11)14-3/h15-16,18-20,22H,12-14,17,32H2,1-11H3/t19-,20-,22-/m0/s1. The van der Waals surface area contributed by atoms with Gasteiger partial charge in [-0.3, -0.25) is 9.59 Å². The van der Waals surface area contributed by atoms with Crippen LogP contribution in [0.2, 0.25) is 0 Å². The summed E-state index contributed by atoms with van der Waals surface area (Å²) in [4.78, 5) is 50.1. The Kier molecular flexibility index (Phi) is 13.3. The number of hydrogen-bond acceptors (Lipinski definition) is 11. The Bertz CT molecular complexity index is 1100. The SMILES string of the molecule is CCC(C)(C)OC(=O)Oc1ccc(C[C@H](N)C(=O)O[C@@H](C)[C@H](C)OC(=O)C(C)(C)CC)cc1OC(=O)OC(C)(C)CC. The quantitative estimate of drug-likeness (QED) is 0.147. The van der Waals surface area contributed by atoms with Crippen molar-refractivity contribution < 1.29 is 47.6 Å². The second-order valence-corrected chi connectivity index (χ2v) is 12.2. The van der Waals surface area contributed by atoms with Crippen LogP contribution in [0.15, 0.2) is 18.2 Å². The molecule has 0 bridgehead atoms. The summed E-state index contributed by atoms with van der Waals surface area (Å²) in [6.45, 7) is 19.3. The van der Waals surface area contributed by atoms with Crippen molar-refractivity contribution in [2.45, 2.75) is 131 Å². The van der Waals surface area contributed by atoms with E-state index in [0.717, 1.165) is 0 Å². The molecule has 0 aliphatic rings. The van der Waals surface area contributed by atoms with Crippen molar-refractivity contribution in [2.75, 3.05) is 0 Å². The Morgan fingerprint density at radius 2 is 1.21 bits per heavy atom. The Labute approximate surface area is 249 Å². The maximum absolute atomic E-state index is 12.7. The molecule has 2 N–H and O–H groups in total. The minimum absolute atomic E-state index is 0.00202. The first-order valence-electron chi connectivity index (χ1n) is 14.4.